The lowest BCUT2D eigenvalue weighted by Gasteiger charge is -2.38. The number of nitrogens with one attached hydrogen (secondary N) is 1. The predicted molar refractivity (Wildman–Crippen MR) is 71.2 cm³/mol. The molecule has 0 bridgehead atoms. The van der Waals surface area contributed by atoms with Crippen LogP contribution >= 0.6 is 0 Å². The first-order valence-electron chi connectivity index (χ1n) is 6.94. The molecule has 0 saturated carbocycles. The minimum Gasteiger partial charge on any atom is -0.444 e. The number of rotatable bonds is 1. The van der Waals surface area contributed by atoms with E-state index in [1.54, 1.807) is 20.8 Å². The van der Waals surface area contributed by atoms with Gasteiger partial charge in [-0.15, -0.1) is 0 Å². The van der Waals surface area contributed by atoms with E-state index in [9.17, 15) is 14.0 Å². The molecule has 2 atom stereocenters. The minimum atomic E-state index is -1.24. The molecule has 0 aliphatic carbocycles. The first-order valence-corrected chi connectivity index (χ1v) is 6.94. The molecule has 20 heavy (non-hydrogen) atoms. The molecule has 2 aliphatic rings. The van der Waals surface area contributed by atoms with Crippen LogP contribution in [0.5, 0.6) is 0 Å². The average Bonchev–Trinajstić information content (AvgIpc) is 2.73. The number of hydrogen-bond donors (Lipinski definition) is 1. The van der Waals surface area contributed by atoms with Gasteiger partial charge in [0.2, 0.25) is 0 Å². The largest absolute Gasteiger partial charge is 0.444 e. The molecule has 2 saturated heterocycles. The molecule has 0 unspecified atom stereocenters. The highest BCUT2D eigenvalue weighted by molar-refractivity contribution is 5.76. The molecule has 0 spiro atoms. The Morgan fingerprint density at radius 3 is 2.60 bits per heavy atom. The third-order valence-corrected chi connectivity index (χ3v) is 3.45. The summed E-state index contributed by atoms with van der Waals surface area (Å²) in [4.78, 5) is 26.4. The Morgan fingerprint density at radius 2 is 2.10 bits per heavy atom. The number of piperidine rings is 1. The molecule has 0 aromatic rings. The smallest absolute Gasteiger partial charge is 0.410 e. The topological polar surface area (TPSA) is 61.9 Å². The molecule has 2 fully saturated rings. The standard InChI is InChI=1S/C13H22FN3O3/c1-13(2,3)20-12(19)16-6-4-10(9(14)8-16)17-7-5-15-11(17)18/h9-10H,4-8H2,1-3H3,(H,15,18)/t9-,10-/m0/s1. The summed E-state index contributed by atoms with van der Waals surface area (Å²) in [5, 5.41) is 2.67. The molecule has 2 heterocycles. The summed E-state index contributed by atoms with van der Waals surface area (Å²) in [6.07, 6.45) is -1.29. The van der Waals surface area contributed by atoms with Crippen LogP contribution in [0.3, 0.4) is 0 Å². The second-order valence-corrected chi connectivity index (χ2v) is 6.22. The van der Waals surface area contributed by atoms with Crippen molar-refractivity contribution < 1.29 is 18.7 Å². The first-order chi connectivity index (χ1) is 9.28. The summed E-state index contributed by atoms with van der Waals surface area (Å²) in [6, 6.07) is -0.667. The van der Waals surface area contributed by atoms with E-state index in [2.05, 4.69) is 5.32 Å². The number of ether oxygens (including phenoxy) is 1. The maximum Gasteiger partial charge on any atom is 0.410 e. The van der Waals surface area contributed by atoms with Crippen LogP contribution in [0.1, 0.15) is 27.2 Å². The van der Waals surface area contributed by atoms with Gasteiger partial charge in [-0.25, -0.2) is 14.0 Å². The quantitative estimate of drug-likeness (QED) is 0.792. The van der Waals surface area contributed by atoms with E-state index in [4.69, 9.17) is 4.74 Å². The van der Waals surface area contributed by atoms with E-state index in [0.717, 1.165) is 0 Å². The van der Waals surface area contributed by atoms with Gasteiger partial charge in [0.25, 0.3) is 0 Å². The minimum absolute atomic E-state index is 0.0244. The monoisotopic (exact) mass is 287 g/mol. The van der Waals surface area contributed by atoms with Gasteiger partial charge in [-0.05, 0) is 27.2 Å². The lowest BCUT2D eigenvalue weighted by atomic mass is 10.0. The Bertz CT molecular complexity index is 397. The van der Waals surface area contributed by atoms with Gasteiger partial charge in [0, 0.05) is 19.6 Å². The van der Waals surface area contributed by atoms with Crippen molar-refractivity contribution in [3.8, 4) is 0 Å². The van der Waals surface area contributed by atoms with Crippen molar-refractivity contribution in [1.82, 2.24) is 15.1 Å². The van der Waals surface area contributed by atoms with Crippen LogP contribution in [-0.4, -0.2) is 65.9 Å². The zero-order chi connectivity index (χ0) is 14.9. The highest BCUT2D eigenvalue weighted by Gasteiger charge is 2.39. The summed E-state index contributed by atoms with van der Waals surface area (Å²) in [5.41, 5.74) is -0.589. The second kappa shape index (κ2) is 5.46. The first kappa shape index (κ1) is 14.9. The molecular weight excluding hydrogens is 265 g/mol. The summed E-state index contributed by atoms with van der Waals surface area (Å²) < 4.78 is 19.5. The Kier molecular flexibility index (Phi) is 4.06. The maximum absolute atomic E-state index is 14.2. The van der Waals surface area contributed by atoms with Gasteiger partial charge in [0.15, 0.2) is 0 Å². The molecule has 2 aliphatic heterocycles. The van der Waals surface area contributed by atoms with E-state index in [1.807, 2.05) is 0 Å². The van der Waals surface area contributed by atoms with Gasteiger partial charge in [-0.3, -0.25) is 0 Å². The van der Waals surface area contributed by atoms with Crippen molar-refractivity contribution in [2.45, 2.75) is 45.0 Å². The number of amides is 3. The van der Waals surface area contributed by atoms with Crippen LogP contribution in [0, 0.1) is 0 Å². The molecule has 6 nitrogen and oxygen atoms in total. The Hall–Kier alpha value is -1.53. The fourth-order valence-electron chi connectivity index (χ4n) is 2.54. The second-order valence-electron chi connectivity index (χ2n) is 6.22. The average molecular weight is 287 g/mol. The molecule has 114 valence electrons. The zero-order valence-corrected chi connectivity index (χ0v) is 12.2. The molecule has 7 heteroatoms. The Balaban J connectivity index is 1.92. The number of halogens is 1. The predicted octanol–water partition coefficient (Wildman–Crippen LogP) is 1.36. The number of alkyl halides is 1. The van der Waals surface area contributed by atoms with Gasteiger partial charge in [-0.1, -0.05) is 0 Å². The van der Waals surface area contributed by atoms with Crippen LogP contribution in [-0.2, 0) is 4.74 Å². The number of carbonyl (C=O) groups excluding carboxylic acids is 2. The SMILES string of the molecule is CC(C)(C)OC(=O)N1CC[C@H](N2CCNC2=O)[C@@H](F)C1. The van der Waals surface area contributed by atoms with Crippen molar-refractivity contribution in [1.29, 1.82) is 0 Å². The number of urea groups is 1. The molecule has 0 aromatic heterocycles. The molecule has 0 aromatic carbocycles. The fraction of sp³-hybridized carbons (Fsp3) is 0.846. The van der Waals surface area contributed by atoms with Gasteiger partial charge in [-0.2, -0.15) is 0 Å². The van der Waals surface area contributed by atoms with Crippen LogP contribution in [0.2, 0.25) is 0 Å². The van der Waals surface area contributed by atoms with Crippen molar-refractivity contribution >= 4 is 12.1 Å². The summed E-state index contributed by atoms with van der Waals surface area (Å²) >= 11 is 0. The van der Waals surface area contributed by atoms with Crippen LogP contribution in [0.25, 0.3) is 0 Å². The van der Waals surface area contributed by atoms with Gasteiger partial charge >= 0.3 is 12.1 Å². The highest BCUT2D eigenvalue weighted by Crippen LogP contribution is 2.22. The van der Waals surface area contributed by atoms with Crippen LogP contribution in [0.4, 0.5) is 14.0 Å². The third-order valence-electron chi connectivity index (χ3n) is 3.45. The van der Waals surface area contributed by atoms with Crippen LogP contribution < -0.4 is 5.32 Å². The zero-order valence-electron chi connectivity index (χ0n) is 12.2. The molecular formula is C13H22FN3O3. The fourth-order valence-corrected chi connectivity index (χ4v) is 2.54. The number of carbonyl (C=O) groups is 2. The normalized spacial score (nSPS) is 27.5. The third kappa shape index (κ3) is 3.32. The molecule has 3 amide bonds. The van der Waals surface area contributed by atoms with Gasteiger partial charge < -0.3 is 19.9 Å². The van der Waals surface area contributed by atoms with E-state index in [1.165, 1.54) is 9.80 Å². The summed E-state index contributed by atoms with van der Waals surface area (Å²) in [5.74, 6) is 0. The van der Waals surface area contributed by atoms with E-state index >= 15 is 0 Å². The van der Waals surface area contributed by atoms with Gasteiger partial charge in [0.05, 0.1) is 12.6 Å². The Morgan fingerprint density at radius 1 is 1.40 bits per heavy atom. The lowest BCUT2D eigenvalue weighted by Crippen LogP contribution is -2.55. The van der Waals surface area contributed by atoms with Crippen molar-refractivity contribution in [3.63, 3.8) is 0 Å². The molecule has 0 radical (unpaired) electrons. The van der Waals surface area contributed by atoms with Crippen molar-refractivity contribution in [2.24, 2.45) is 0 Å². The summed E-state index contributed by atoms with van der Waals surface area (Å²) in [7, 11) is 0. The van der Waals surface area contributed by atoms with Crippen molar-refractivity contribution in [2.75, 3.05) is 26.2 Å². The Labute approximate surface area is 118 Å². The van der Waals surface area contributed by atoms with Crippen molar-refractivity contribution in [3.05, 3.63) is 0 Å². The molecule has 2 rings (SSSR count). The number of nitrogens with zero attached hydrogens (tertiary/aromatic N) is 2. The van der Waals surface area contributed by atoms with E-state index in [-0.39, 0.29) is 12.6 Å². The van der Waals surface area contributed by atoms with E-state index < -0.39 is 23.9 Å². The maximum atomic E-state index is 14.2. The van der Waals surface area contributed by atoms with Crippen LogP contribution in [0.15, 0.2) is 0 Å². The highest BCUT2D eigenvalue weighted by atomic mass is 19.1. The van der Waals surface area contributed by atoms with Gasteiger partial charge in [0.1, 0.15) is 11.8 Å². The number of likely N-dealkylation sites (tertiary alicyclic amines) is 1. The lowest BCUT2D eigenvalue weighted by molar-refractivity contribution is 0.00204. The number of hydrogen-bond acceptors (Lipinski definition) is 3. The van der Waals surface area contributed by atoms with E-state index in [0.29, 0.717) is 26.1 Å². The molecule has 1 N–H and O–H groups in total. The summed E-state index contributed by atoms with van der Waals surface area (Å²) in [6.45, 7) is 6.79.